The molecule has 5 nitrogen and oxygen atoms in total. The van der Waals surface area contributed by atoms with Gasteiger partial charge in [0.05, 0.1) is 22.2 Å². The van der Waals surface area contributed by atoms with Gasteiger partial charge >= 0.3 is 0 Å². The van der Waals surface area contributed by atoms with Crippen LogP contribution in [0.25, 0.3) is 11.6 Å². The summed E-state index contributed by atoms with van der Waals surface area (Å²) in [5.41, 5.74) is 15.0. The third-order valence-corrected chi connectivity index (χ3v) is 5.71. The van der Waals surface area contributed by atoms with Crippen LogP contribution in [-0.4, -0.2) is 28.6 Å². The van der Waals surface area contributed by atoms with Crippen LogP contribution in [0.15, 0.2) is 16.8 Å². The van der Waals surface area contributed by atoms with Crippen molar-refractivity contribution in [2.45, 2.75) is 65.3 Å². The van der Waals surface area contributed by atoms with Gasteiger partial charge in [-0.3, -0.25) is 4.99 Å². The summed E-state index contributed by atoms with van der Waals surface area (Å²) in [4.78, 5) is 10.7. The Hall–Kier alpha value is -1.66. The van der Waals surface area contributed by atoms with E-state index in [0.29, 0.717) is 11.8 Å². The van der Waals surface area contributed by atoms with Crippen molar-refractivity contribution in [1.82, 2.24) is 4.98 Å². The molecule has 1 aromatic heterocycles. The van der Waals surface area contributed by atoms with Gasteiger partial charge in [0.1, 0.15) is 10.8 Å². The lowest BCUT2D eigenvalue weighted by molar-refractivity contribution is 0.229. The molecule has 1 aromatic rings. The van der Waals surface area contributed by atoms with Gasteiger partial charge in [-0.25, -0.2) is 4.98 Å². The molecule has 0 amide bonds. The summed E-state index contributed by atoms with van der Waals surface area (Å²) in [6.45, 7) is 10.8. The van der Waals surface area contributed by atoms with Crippen molar-refractivity contribution in [3.8, 4) is 0 Å². The standard InChI is InChI=1S/C20H32N4OS/c1-12(2)16(18(22)23-14-7-6-13(10-14)11-25)19-24-17(20(3,4)5)15(26-19)8-9-21/h8-9,13-14,25H,6-7,10-11,21H2,1-5H3,(H2,22,23)/b9-8-. The van der Waals surface area contributed by atoms with Gasteiger partial charge in [0.15, 0.2) is 0 Å². The first-order chi connectivity index (χ1) is 12.2. The molecule has 5 N–H and O–H groups in total. The molecular weight excluding hydrogens is 344 g/mol. The fraction of sp³-hybridized carbons (Fsp3) is 0.600. The van der Waals surface area contributed by atoms with Crippen LogP contribution in [0.1, 0.15) is 69.5 Å². The van der Waals surface area contributed by atoms with Gasteiger partial charge in [0.25, 0.3) is 0 Å². The fourth-order valence-electron chi connectivity index (χ4n) is 3.35. The normalized spacial score (nSPS) is 21.5. The number of aliphatic hydroxyl groups is 1. The number of rotatable bonds is 5. The van der Waals surface area contributed by atoms with Crippen molar-refractivity contribution < 1.29 is 5.11 Å². The fourth-order valence-corrected chi connectivity index (χ4v) is 4.70. The van der Waals surface area contributed by atoms with Gasteiger partial charge in [0.2, 0.25) is 0 Å². The van der Waals surface area contributed by atoms with E-state index in [-0.39, 0.29) is 18.1 Å². The Balaban J connectivity index is 2.41. The number of thiazole rings is 1. The highest BCUT2D eigenvalue weighted by Crippen LogP contribution is 2.35. The average Bonchev–Trinajstić information content (AvgIpc) is 3.14. The van der Waals surface area contributed by atoms with Crippen molar-refractivity contribution in [2.75, 3.05) is 6.61 Å². The third kappa shape index (κ3) is 4.74. The van der Waals surface area contributed by atoms with Crippen LogP contribution in [0.2, 0.25) is 0 Å². The van der Waals surface area contributed by atoms with Gasteiger partial charge in [-0.15, -0.1) is 11.3 Å². The first-order valence-electron chi connectivity index (χ1n) is 9.19. The zero-order valence-electron chi connectivity index (χ0n) is 16.5. The van der Waals surface area contributed by atoms with E-state index in [1.54, 1.807) is 17.5 Å². The number of hydrogen-bond donors (Lipinski definition) is 3. The topological polar surface area (TPSA) is 97.5 Å². The lowest BCUT2D eigenvalue weighted by Crippen LogP contribution is -2.19. The molecule has 1 aliphatic carbocycles. The van der Waals surface area contributed by atoms with Crippen LogP contribution in [-0.2, 0) is 5.41 Å². The first-order valence-corrected chi connectivity index (χ1v) is 10.0. The quantitative estimate of drug-likeness (QED) is 0.539. The second-order valence-corrected chi connectivity index (χ2v) is 9.28. The molecule has 0 bridgehead atoms. The van der Waals surface area contributed by atoms with E-state index in [2.05, 4.69) is 20.8 Å². The summed E-state index contributed by atoms with van der Waals surface area (Å²) in [6.07, 6.45) is 6.35. The number of hydrogen-bond acceptors (Lipinski definition) is 5. The lowest BCUT2D eigenvalue weighted by Gasteiger charge is -2.16. The summed E-state index contributed by atoms with van der Waals surface area (Å²) in [7, 11) is 0. The van der Waals surface area contributed by atoms with E-state index in [0.717, 1.165) is 46.0 Å². The molecule has 0 saturated heterocycles. The molecule has 2 unspecified atom stereocenters. The Bertz CT molecular complexity index is 721. The number of nitrogens with two attached hydrogens (primary N) is 2. The number of aliphatic hydroxyl groups excluding tert-OH is 1. The predicted octanol–water partition coefficient (Wildman–Crippen LogP) is 3.68. The lowest BCUT2D eigenvalue weighted by atomic mass is 9.91. The highest BCUT2D eigenvalue weighted by Gasteiger charge is 2.27. The van der Waals surface area contributed by atoms with E-state index in [1.165, 1.54) is 0 Å². The smallest absolute Gasteiger partial charge is 0.128 e. The molecular formula is C20H32N4OS. The van der Waals surface area contributed by atoms with E-state index in [1.807, 2.05) is 19.9 Å². The molecule has 2 rings (SSSR count). The Morgan fingerprint density at radius 3 is 2.54 bits per heavy atom. The van der Waals surface area contributed by atoms with Crippen LogP contribution >= 0.6 is 11.3 Å². The summed E-state index contributed by atoms with van der Waals surface area (Å²) >= 11 is 1.60. The monoisotopic (exact) mass is 376 g/mol. The largest absolute Gasteiger partial charge is 0.405 e. The number of allylic oxidation sites excluding steroid dienone is 1. The molecule has 1 aliphatic rings. The molecule has 144 valence electrons. The van der Waals surface area contributed by atoms with Crippen LogP contribution in [0.5, 0.6) is 0 Å². The van der Waals surface area contributed by atoms with Gasteiger partial charge in [-0.05, 0) is 51.3 Å². The summed E-state index contributed by atoms with van der Waals surface area (Å²) in [5.74, 6) is 0.895. The van der Waals surface area contributed by atoms with Gasteiger partial charge in [-0.1, -0.05) is 26.3 Å². The Kier molecular flexibility index (Phi) is 6.64. The number of aliphatic imine (C=N–C) groups is 1. The van der Waals surface area contributed by atoms with Crippen molar-refractivity contribution in [3.63, 3.8) is 0 Å². The summed E-state index contributed by atoms with van der Waals surface area (Å²) < 4.78 is 0. The molecule has 0 aliphatic heterocycles. The highest BCUT2D eigenvalue weighted by atomic mass is 32.1. The molecule has 1 heterocycles. The SMILES string of the molecule is CC(C)=C(C(N)=NC1CCC(CO)C1)c1nc(C(C)(C)C)c(/C=C\N)s1. The Morgan fingerprint density at radius 1 is 1.35 bits per heavy atom. The second kappa shape index (κ2) is 8.35. The molecule has 1 saturated carbocycles. The van der Waals surface area contributed by atoms with Crippen molar-refractivity contribution in [3.05, 3.63) is 27.4 Å². The number of aromatic nitrogens is 1. The minimum Gasteiger partial charge on any atom is -0.405 e. The van der Waals surface area contributed by atoms with Gasteiger partial charge < -0.3 is 16.6 Å². The zero-order valence-corrected chi connectivity index (χ0v) is 17.4. The molecule has 1 fully saturated rings. The Labute approximate surface area is 160 Å². The van der Waals surface area contributed by atoms with E-state index < -0.39 is 0 Å². The molecule has 0 aromatic carbocycles. The van der Waals surface area contributed by atoms with Crippen molar-refractivity contribution in [1.29, 1.82) is 0 Å². The maximum atomic E-state index is 9.34. The maximum absolute atomic E-state index is 9.34. The van der Waals surface area contributed by atoms with Crippen LogP contribution in [0, 0.1) is 5.92 Å². The molecule has 0 spiro atoms. The van der Waals surface area contributed by atoms with Crippen LogP contribution in [0.3, 0.4) is 0 Å². The van der Waals surface area contributed by atoms with Gasteiger partial charge in [0, 0.05) is 12.0 Å². The van der Waals surface area contributed by atoms with Crippen molar-refractivity contribution in [2.24, 2.45) is 22.4 Å². The van der Waals surface area contributed by atoms with Gasteiger partial charge in [-0.2, -0.15) is 0 Å². The minimum atomic E-state index is -0.0813. The molecule has 2 atom stereocenters. The third-order valence-electron chi connectivity index (χ3n) is 4.67. The zero-order chi connectivity index (χ0) is 19.5. The summed E-state index contributed by atoms with van der Waals surface area (Å²) in [6, 6.07) is 0.187. The average molecular weight is 377 g/mol. The van der Waals surface area contributed by atoms with Crippen LogP contribution < -0.4 is 11.5 Å². The Morgan fingerprint density at radius 2 is 2.04 bits per heavy atom. The van der Waals surface area contributed by atoms with Crippen LogP contribution in [0.4, 0.5) is 0 Å². The highest BCUT2D eigenvalue weighted by molar-refractivity contribution is 7.14. The second-order valence-electron chi connectivity index (χ2n) is 8.25. The molecule has 0 radical (unpaired) electrons. The molecule has 6 heteroatoms. The predicted molar refractivity (Wildman–Crippen MR) is 112 cm³/mol. The first kappa shape index (κ1) is 20.6. The maximum Gasteiger partial charge on any atom is 0.128 e. The van der Waals surface area contributed by atoms with E-state index >= 15 is 0 Å². The number of nitrogens with zero attached hydrogens (tertiary/aromatic N) is 2. The minimum absolute atomic E-state index is 0.0813. The van der Waals surface area contributed by atoms with E-state index in [9.17, 15) is 5.11 Å². The molecule has 26 heavy (non-hydrogen) atoms. The number of amidine groups is 1. The summed E-state index contributed by atoms with van der Waals surface area (Å²) in [5, 5.41) is 10.2. The van der Waals surface area contributed by atoms with E-state index in [4.69, 9.17) is 21.4 Å². The van der Waals surface area contributed by atoms with Crippen molar-refractivity contribution >= 4 is 28.8 Å².